The van der Waals surface area contributed by atoms with Gasteiger partial charge in [0.15, 0.2) is 17.2 Å². The van der Waals surface area contributed by atoms with E-state index < -0.39 is 30.0 Å². The molecule has 1 aromatic heterocycles. The first-order valence-corrected chi connectivity index (χ1v) is 12.7. The number of alkyl halides is 3. The number of rotatable bonds is 7. The summed E-state index contributed by atoms with van der Waals surface area (Å²) in [5.74, 6) is -1.83. The Labute approximate surface area is 226 Å². The standard InChI is InChI=1S/C25H26Cl2F4N4O3/c1-24(2,38-20-6-3-14(26)8-18(20)27)23(37)34-15-9-16-4-5-17(10-15)35(16)21-19(28)7-13(11-32-21)22(36)33-12-25(29,30)31/h3,6-8,11,15-17H,4-5,9-10,12H2,1-2H3,(H,33,36)(H,34,37)/t15?,16-,17+. The summed E-state index contributed by atoms with van der Waals surface area (Å²) in [5, 5.41) is 5.46. The van der Waals surface area contributed by atoms with Crippen LogP contribution in [0.25, 0.3) is 0 Å². The van der Waals surface area contributed by atoms with Crippen LogP contribution in [0.2, 0.25) is 10.0 Å². The summed E-state index contributed by atoms with van der Waals surface area (Å²) in [6.07, 6.45) is -0.924. The lowest BCUT2D eigenvalue weighted by molar-refractivity contribution is -0.135. The van der Waals surface area contributed by atoms with E-state index in [2.05, 4.69) is 10.3 Å². The summed E-state index contributed by atoms with van der Waals surface area (Å²) in [5.41, 5.74) is -1.53. The van der Waals surface area contributed by atoms with Crippen molar-refractivity contribution in [2.24, 2.45) is 0 Å². The van der Waals surface area contributed by atoms with Gasteiger partial charge in [-0.25, -0.2) is 9.37 Å². The maximum Gasteiger partial charge on any atom is 0.405 e. The molecule has 0 spiro atoms. The van der Waals surface area contributed by atoms with Gasteiger partial charge in [0, 0.05) is 29.3 Å². The second-order valence-electron chi connectivity index (χ2n) is 9.95. The molecule has 2 aromatic rings. The molecule has 2 saturated heterocycles. The SMILES string of the molecule is CC(C)(Oc1ccc(Cl)cc1Cl)C(=O)NC1C[C@H]2CC[C@@H](C1)N2c1ncc(C(=O)NCC(F)(F)F)cc1F. The van der Waals surface area contributed by atoms with E-state index in [-0.39, 0.29) is 40.4 Å². The number of amides is 2. The quantitative estimate of drug-likeness (QED) is 0.437. The fourth-order valence-electron chi connectivity index (χ4n) is 4.91. The maximum atomic E-state index is 15.0. The lowest BCUT2D eigenvalue weighted by Gasteiger charge is -2.41. The zero-order chi connectivity index (χ0) is 27.8. The highest BCUT2D eigenvalue weighted by Crippen LogP contribution is 2.40. The first-order chi connectivity index (χ1) is 17.7. The van der Waals surface area contributed by atoms with Gasteiger partial charge in [-0.2, -0.15) is 13.2 Å². The molecule has 4 rings (SSSR count). The predicted octanol–water partition coefficient (Wildman–Crippen LogP) is 5.29. The van der Waals surface area contributed by atoms with Crippen molar-refractivity contribution in [3.63, 3.8) is 0 Å². The van der Waals surface area contributed by atoms with Crippen LogP contribution in [0, 0.1) is 5.82 Å². The van der Waals surface area contributed by atoms with Crippen molar-refractivity contribution in [1.29, 1.82) is 0 Å². The number of ether oxygens (including phenoxy) is 1. The van der Waals surface area contributed by atoms with Crippen molar-refractivity contribution in [3.05, 3.63) is 51.9 Å². The molecule has 3 atom stereocenters. The molecule has 2 aliphatic rings. The Balaban J connectivity index is 1.39. The monoisotopic (exact) mass is 576 g/mol. The van der Waals surface area contributed by atoms with Gasteiger partial charge in [-0.3, -0.25) is 9.59 Å². The average molecular weight is 577 g/mol. The van der Waals surface area contributed by atoms with Crippen molar-refractivity contribution in [3.8, 4) is 5.75 Å². The molecule has 2 fully saturated rings. The van der Waals surface area contributed by atoms with Gasteiger partial charge in [0.25, 0.3) is 11.8 Å². The van der Waals surface area contributed by atoms with E-state index in [0.717, 1.165) is 25.1 Å². The zero-order valence-corrected chi connectivity index (χ0v) is 22.1. The normalized spacial score (nSPS) is 21.3. The molecule has 1 aromatic carbocycles. The van der Waals surface area contributed by atoms with Crippen LogP contribution in [-0.4, -0.2) is 53.2 Å². The van der Waals surface area contributed by atoms with E-state index in [1.165, 1.54) is 6.07 Å². The molecule has 3 heterocycles. The molecular formula is C25H26Cl2F4N4O3. The Bertz CT molecular complexity index is 1210. The minimum absolute atomic E-state index is 0.0377. The maximum absolute atomic E-state index is 15.0. The van der Waals surface area contributed by atoms with Crippen LogP contribution in [0.3, 0.4) is 0 Å². The van der Waals surface area contributed by atoms with Crippen molar-refractivity contribution < 1.29 is 31.9 Å². The van der Waals surface area contributed by atoms with Crippen molar-refractivity contribution >= 4 is 40.8 Å². The molecule has 13 heteroatoms. The number of pyridine rings is 1. The largest absolute Gasteiger partial charge is 0.476 e. The summed E-state index contributed by atoms with van der Waals surface area (Å²) < 4.78 is 57.9. The van der Waals surface area contributed by atoms with Gasteiger partial charge in [0.1, 0.15) is 12.3 Å². The summed E-state index contributed by atoms with van der Waals surface area (Å²) in [4.78, 5) is 30.9. The van der Waals surface area contributed by atoms with Crippen LogP contribution < -0.4 is 20.3 Å². The van der Waals surface area contributed by atoms with E-state index in [1.54, 1.807) is 31.3 Å². The molecule has 2 aliphatic heterocycles. The number of halogens is 6. The Morgan fingerprint density at radius 3 is 2.37 bits per heavy atom. The first kappa shape index (κ1) is 28.2. The summed E-state index contributed by atoms with van der Waals surface area (Å²) in [6, 6.07) is 5.21. The lowest BCUT2D eigenvalue weighted by atomic mass is 9.96. The molecular weight excluding hydrogens is 551 g/mol. The molecule has 2 bridgehead atoms. The fourth-order valence-corrected chi connectivity index (χ4v) is 5.35. The smallest absolute Gasteiger partial charge is 0.405 e. The number of nitrogens with one attached hydrogen (secondary N) is 2. The molecule has 1 unspecified atom stereocenters. The van der Waals surface area contributed by atoms with Gasteiger partial charge in [-0.15, -0.1) is 0 Å². The number of piperidine rings is 1. The van der Waals surface area contributed by atoms with Crippen LogP contribution in [0.1, 0.15) is 49.9 Å². The number of hydrogen-bond donors (Lipinski definition) is 2. The van der Waals surface area contributed by atoms with Crippen LogP contribution >= 0.6 is 23.2 Å². The molecule has 0 saturated carbocycles. The second kappa shape index (κ2) is 10.8. The molecule has 0 radical (unpaired) electrons. The first-order valence-electron chi connectivity index (χ1n) is 12.0. The third kappa shape index (κ3) is 6.43. The Morgan fingerprint density at radius 2 is 1.79 bits per heavy atom. The van der Waals surface area contributed by atoms with Crippen LogP contribution in [-0.2, 0) is 4.79 Å². The van der Waals surface area contributed by atoms with Crippen molar-refractivity contribution in [2.75, 3.05) is 11.4 Å². The fraction of sp³-hybridized carbons (Fsp3) is 0.480. The highest BCUT2D eigenvalue weighted by molar-refractivity contribution is 6.35. The highest BCUT2D eigenvalue weighted by Gasteiger charge is 2.44. The van der Waals surface area contributed by atoms with Gasteiger partial charge < -0.3 is 20.3 Å². The van der Waals surface area contributed by atoms with Crippen molar-refractivity contribution in [1.82, 2.24) is 15.6 Å². The molecule has 0 aliphatic carbocycles. The van der Waals surface area contributed by atoms with Gasteiger partial charge in [-0.05, 0) is 63.8 Å². The van der Waals surface area contributed by atoms with Crippen molar-refractivity contribution in [2.45, 2.75) is 69.4 Å². The lowest BCUT2D eigenvalue weighted by Crippen LogP contribution is -2.55. The summed E-state index contributed by atoms with van der Waals surface area (Å²) >= 11 is 12.1. The molecule has 7 nitrogen and oxygen atoms in total. The third-order valence-corrected chi connectivity index (χ3v) is 7.18. The average Bonchev–Trinajstić information content (AvgIpc) is 3.08. The Kier molecular flexibility index (Phi) is 7.99. The summed E-state index contributed by atoms with van der Waals surface area (Å²) in [7, 11) is 0. The van der Waals surface area contributed by atoms with Gasteiger partial charge in [0.05, 0.1) is 10.6 Å². The highest BCUT2D eigenvalue weighted by atomic mass is 35.5. The van der Waals surface area contributed by atoms with E-state index in [0.29, 0.717) is 23.6 Å². The minimum Gasteiger partial charge on any atom is -0.476 e. The molecule has 2 amide bonds. The van der Waals surface area contributed by atoms with Crippen LogP contribution in [0.5, 0.6) is 5.75 Å². The number of nitrogens with zero attached hydrogens (tertiary/aromatic N) is 2. The van der Waals surface area contributed by atoms with E-state index in [4.69, 9.17) is 27.9 Å². The predicted molar refractivity (Wildman–Crippen MR) is 134 cm³/mol. The minimum atomic E-state index is -4.58. The van der Waals surface area contributed by atoms with Gasteiger partial charge >= 0.3 is 6.18 Å². The Morgan fingerprint density at radius 1 is 1.13 bits per heavy atom. The Hall–Kier alpha value is -2.79. The molecule has 2 N–H and O–H groups in total. The van der Waals surface area contributed by atoms with Crippen LogP contribution in [0.4, 0.5) is 23.4 Å². The third-order valence-electron chi connectivity index (χ3n) is 6.65. The summed E-state index contributed by atoms with van der Waals surface area (Å²) in [6.45, 7) is 1.73. The molecule has 206 valence electrons. The van der Waals surface area contributed by atoms with Gasteiger partial charge in [0.2, 0.25) is 0 Å². The van der Waals surface area contributed by atoms with Crippen LogP contribution in [0.15, 0.2) is 30.5 Å². The number of carbonyl (C=O) groups is 2. The number of anilines is 1. The number of benzene rings is 1. The molecule has 38 heavy (non-hydrogen) atoms. The number of hydrogen-bond acceptors (Lipinski definition) is 5. The van der Waals surface area contributed by atoms with E-state index in [9.17, 15) is 27.2 Å². The van der Waals surface area contributed by atoms with E-state index >= 15 is 0 Å². The van der Waals surface area contributed by atoms with E-state index in [1.807, 2.05) is 4.90 Å². The second-order valence-corrected chi connectivity index (χ2v) is 10.8. The topological polar surface area (TPSA) is 83.6 Å². The van der Waals surface area contributed by atoms with Gasteiger partial charge in [-0.1, -0.05) is 23.2 Å². The number of carbonyl (C=O) groups excluding carboxylic acids is 2. The zero-order valence-electron chi connectivity index (χ0n) is 20.5. The number of fused-ring (bicyclic) bond motifs is 2. The number of aromatic nitrogens is 1.